The SMILES string of the molecule is CNCc1ccc(Br)c(S(=O)(=O)NC2CCOCC2)c1. The first-order valence-electron chi connectivity index (χ1n) is 6.56. The molecule has 1 heterocycles. The molecule has 0 bridgehead atoms. The van der Waals surface area contributed by atoms with Crippen LogP contribution < -0.4 is 10.0 Å². The van der Waals surface area contributed by atoms with E-state index in [4.69, 9.17) is 4.74 Å². The molecule has 112 valence electrons. The van der Waals surface area contributed by atoms with Gasteiger partial charge in [0.1, 0.15) is 0 Å². The number of ether oxygens (including phenoxy) is 1. The van der Waals surface area contributed by atoms with Gasteiger partial charge in [-0.25, -0.2) is 13.1 Å². The maximum atomic E-state index is 12.5. The van der Waals surface area contributed by atoms with Crippen molar-refractivity contribution in [3.63, 3.8) is 0 Å². The molecule has 1 aliphatic rings. The second kappa shape index (κ2) is 7.00. The summed E-state index contributed by atoms with van der Waals surface area (Å²) in [6.45, 7) is 1.84. The van der Waals surface area contributed by atoms with Crippen molar-refractivity contribution in [1.29, 1.82) is 0 Å². The van der Waals surface area contributed by atoms with E-state index in [2.05, 4.69) is 26.0 Å². The van der Waals surface area contributed by atoms with Crippen LogP contribution in [-0.2, 0) is 21.3 Å². The Morgan fingerprint density at radius 3 is 2.70 bits per heavy atom. The van der Waals surface area contributed by atoms with Gasteiger partial charge in [-0.2, -0.15) is 0 Å². The second-order valence-corrected chi connectivity index (χ2v) is 7.34. The zero-order valence-corrected chi connectivity index (χ0v) is 13.8. The van der Waals surface area contributed by atoms with E-state index in [1.807, 2.05) is 13.1 Å². The van der Waals surface area contributed by atoms with Crippen molar-refractivity contribution in [2.45, 2.75) is 30.3 Å². The highest BCUT2D eigenvalue weighted by molar-refractivity contribution is 9.10. The Balaban J connectivity index is 2.21. The molecule has 0 radical (unpaired) electrons. The van der Waals surface area contributed by atoms with Gasteiger partial charge in [0.25, 0.3) is 0 Å². The molecule has 20 heavy (non-hydrogen) atoms. The van der Waals surface area contributed by atoms with Crippen molar-refractivity contribution >= 4 is 26.0 Å². The average molecular weight is 363 g/mol. The lowest BCUT2D eigenvalue weighted by Crippen LogP contribution is -2.39. The van der Waals surface area contributed by atoms with E-state index in [0.29, 0.717) is 37.1 Å². The Morgan fingerprint density at radius 2 is 2.05 bits per heavy atom. The van der Waals surface area contributed by atoms with E-state index in [1.54, 1.807) is 12.1 Å². The van der Waals surface area contributed by atoms with Crippen molar-refractivity contribution in [2.75, 3.05) is 20.3 Å². The van der Waals surface area contributed by atoms with Crippen LogP contribution in [0.5, 0.6) is 0 Å². The minimum absolute atomic E-state index is 0.0476. The molecule has 0 aromatic heterocycles. The van der Waals surface area contributed by atoms with Crippen LogP contribution in [0.25, 0.3) is 0 Å². The zero-order valence-electron chi connectivity index (χ0n) is 11.4. The van der Waals surface area contributed by atoms with Gasteiger partial charge in [-0.15, -0.1) is 0 Å². The Kier molecular flexibility index (Phi) is 5.57. The van der Waals surface area contributed by atoms with E-state index in [-0.39, 0.29) is 10.9 Å². The lowest BCUT2D eigenvalue weighted by atomic mass is 10.1. The Labute approximate surface area is 128 Å². The predicted octanol–water partition coefficient (Wildman–Crippen LogP) is 1.63. The molecule has 7 heteroatoms. The lowest BCUT2D eigenvalue weighted by Gasteiger charge is -2.23. The molecule has 1 aromatic carbocycles. The molecule has 0 saturated carbocycles. The first-order chi connectivity index (χ1) is 9.53. The molecule has 0 unspecified atom stereocenters. The minimum atomic E-state index is -3.51. The predicted molar refractivity (Wildman–Crippen MR) is 81.1 cm³/mol. The molecule has 1 aromatic rings. The van der Waals surface area contributed by atoms with Crippen LogP contribution in [0.4, 0.5) is 0 Å². The van der Waals surface area contributed by atoms with Crippen LogP contribution in [0.1, 0.15) is 18.4 Å². The number of hydrogen-bond donors (Lipinski definition) is 2. The highest BCUT2D eigenvalue weighted by Crippen LogP contribution is 2.24. The van der Waals surface area contributed by atoms with E-state index in [0.717, 1.165) is 5.56 Å². The molecule has 0 aliphatic carbocycles. The third kappa shape index (κ3) is 4.02. The highest BCUT2D eigenvalue weighted by Gasteiger charge is 2.24. The standard InChI is InChI=1S/C13H19BrN2O3S/c1-15-9-10-2-3-12(14)13(8-10)20(17,18)16-11-4-6-19-7-5-11/h2-3,8,11,15-16H,4-7,9H2,1H3. The third-order valence-electron chi connectivity index (χ3n) is 3.21. The summed E-state index contributed by atoms with van der Waals surface area (Å²) in [5.74, 6) is 0. The van der Waals surface area contributed by atoms with Gasteiger partial charge in [0, 0.05) is 30.3 Å². The molecule has 0 amide bonds. The van der Waals surface area contributed by atoms with Gasteiger partial charge in [0.05, 0.1) is 4.90 Å². The number of benzene rings is 1. The summed E-state index contributed by atoms with van der Waals surface area (Å²) in [6, 6.07) is 5.32. The maximum Gasteiger partial charge on any atom is 0.241 e. The molecule has 2 N–H and O–H groups in total. The third-order valence-corrected chi connectivity index (χ3v) is 5.72. The van der Waals surface area contributed by atoms with Crippen LogP contribution >= 0.6 is 15.9 Å². The van der Waals surface area contributed by atoms with E-state index >= 15 is 0 Å². The Bertz CT molecular complexity index is 557. The van der Waals surface area contributed by atoms with Crippen LogP contribution in [-0.4, -0.2) is 34.7 Å². The van der Waals surface area contributed by atoms with E-state index in [9.17, 15) is 8.42 Å². The fourth-order valence-electron chi connectivity index (χ4n) is 2.17. The van der Waals surface area contributed by atoms with Gasteiger partial charge in [-0.05, 0) is 53.5 Å². The van der Waals surface area contributed by atoms with Crippen molar-refractivity contribution in [3.8, 4) is 0 Å². The summed E-state index contributed by atoms with van der Waals surface area (Å²) >= 11 is 3.32. The molecule has 1 saturated heterocycles. The number of halogens is 1. The summed E-state index contributed by atoms with van der Waals surface area (Å²) < 4.78 is 33.5. The zero-order chi connectivity index (χ0) is 14.6. The number of sulfonamides is 1. The lowest BCUT2D eigenvalue weighted by molar-refractivity contribution is 0.0832. The first kappa shape index (κ1) is 15.9. The minimum Gasteiger partial charge on any atom is -0.381 e. The molecular formula is C13H19BrN2O3S. The highest BCUT2D eigenvalue weighted by atomic mass is 79.9. The number of rotatable bonds is 5. The Morgan fingerprint density at radius 1 is 1.35 bits per heavy atom. The number of nitrogens with one attached hydrogen (secondary N) is 2. The van der Waals surface area contributed by atoms with Gasteiger partial charge in [0.15, 0.2) is 0 Å². The van der Waals surface area contributed by atoms with Gasteiger partial charge in [-0.1, -0.05) is 6.07 Å². The van der Waals surface area contributed by atoms with Crippen LogP contribution in [0.15, 0.2) is 27.6 Å². The molecule has 2 rings (SSSR count). The smallest absolute Gasteiger partial charge is 0.241 e. The topological polar surface area (TPSA) is 67.4 Å². The summed E-state index contributed by atoms with van der Waals surface area (Å²) in [6.07, 6.45) is 1.43. The van der Waals surface area contributed by atoms with Crippen molar-refractivity contribution in [2.24, 2.45) is 0 Å². The fraction of sp³-hybridized carbons (Fsp3) is 0.538. The van der Waals surface area contributed by atoms with Crippen LogP contribution in [0.3, 0.4) is 0 Å². The molecule has 0 spiro atoms. The average Bonchev–Trinajstić information content (AvgIpc) is 2.42. The summed E-state index contributed by atoms with van der Waals surface area (Å²) in [5.41, 5.74) is 0.933. The Hall–Kier alpha value is -0.470. The maximum absolute atomic E-state index is 12.5. The van der Waals surface area contributed by atoms with Crippen molar-refractivity contribution in [3.05, 3.63) is 28.2 Å². The van der Waals surface area contributed by atoms with Crippen molar-refractivity contribution < 1.29 is 13.2 Å². The molecule has 0 atom stereocenters. The second-order valence-electron chi connectivity index (χ2n) is 4.80. The molecule has 5 nitrogen and oxygen atoms in total. The van der Waals surface area contributed by atoms with Crippen LogP contribution in [0.2, 0.25) is 0 Å². The van der Waals surface area contributed by atoms with E-state index < -0.39 is 10.0 Å². The number of hydrogen-bond acceptors (Lipinski definition) is 4. The van der Waals surface area contributed by atoms with Crippen molar-refractivity contribution in [1.82, 2.24) is 10.0 Å². The summed E-state index contributed by atoms with van der Waals surface area (Å²) in [7, 11) is -1.68. The molecular weight excluding hydrogens is 344 g/mol. The summed E-state index contributed by atoms with van der Waals surface area (Å²) in [4.78, 5) is 0.289. The summed E-state index contributed by atoms with van der Waals surface area (Å²) in [5, 5.41) is 3.02. The first-order valence-corrected chi connectivity index (χ1v) is 8.83. The van der Waals surface area contributed by atoms with Crippen LogP contribution in [0, 0.1) is 0 Å². The quantitative estimate of drug-likeness (QED) is 0.835. The normalized spacial score (nSPS) is 17.3. The van der Waals surface area contributed by atoms with Gasteiger partial charge >= 0.3 is 0 Å². The monoisotopic (exact) mass is 362 g/mol. The van der Waals surface area contributed by atoms with Gasteiger partial charge in [0.2, 0.25) is 10.0 Å². The largest absolute Gasteiger partial charge is 0.381 e. The fourth-order valence-corrected chi connectivity index (χ4v) is 4.48. The molecule has 1 aliphatic heterocycles. The molecule has 1 fully saturated rings. The van der Waals surface area contributed by atoms with Gasteiger partial charge < -0.3 is 10.1 Å². The van der Waals surface area contributed by atoms with Gasteiger partial charge in [-0.3, -0.25) is 0 Å². The van der Waals surface area contributed by atoms with E-state index in [1.165, 1.54) is 0 Å².